The van der Waals surface area contributed by atoms with Crippen LogP contribution >= 0.6 is 0 Å². The van der Waals surface area contributed by atoms with Crippen LogP contribution in [0.5, 0.6) is 0 Å². The van der Waals surface area contributed by atoms with Crippen LogP contribution in [0.15, 0.2) is 42.5 Å². The van der Waals surface area contributed by atoms with Crippen LogP contribution in [-0.4, -0.2) is 59.4 Å². The molecule has 2 unspecified atom stereocenters. The predicted octanol–water partition coefficient (Wildman–Crippen LogP) is 3.46. The first-order chi connectivity index (χ1) is 15.3. The van der Waals surface area contributed by atoms with E-state index >= 15 is 0 Å². The van der Waals surface area contributed by atoms with Gasteiger partial charge in [-0.1, -0.05) is 50.2 Å². The Morgan fingerprint density at radius 3 is 2.41 bits per heavy atom. The third-order valence-corrected chi connectivity index (χ3v) is 6.41. The van der Waals surface area contributed by atoms with Crippen LogP contribution < -0.4 is 10.6 Å². The van der Waals surface area contributed by atoms with E-state index < -0.39 is 12.1 Å². The molecule has 7 nitrogen and oxygen atoms in total. The molecule has 1 heterocycles. The number of carbonyl (C=O) groups is 3. The smallest absolute Gasteiger partial charge is 0.319 e. The molecule has 1 saturated heterocycles. The molecule has 0 aromatic heterocycles. The molecule has 0 bridgehead atoms. The summed E-state index contributed by atoms with van der Waals surface area (Å²) in [6.45, 7) is 7.39. The minimum absolute atomic E-state index is 0.0156. The standard InChI is InChI=1S/C25H32N4O3/c1-16(2)22(24(31)28-13-14-29(17(3)15-28)23(30)19-11-12-19)27-25(32)26-21-10-6-8-18-7-4-5-9-20(18)21/h4-10,16-17,19,22H,11-15H2,1-3H3,(H2,26,27,32). The number of anilines is 1. The summed E-state index contributed by atoms with van der Waals surface area (Å²) in [5, 5.41) is 7.77. The highest BCUT2D eigenvalue weighted by Gasteiger charge is 2.39. The number of urea groups is 1. The Hall–Kier alpha value is -3.09. The average molecular weight is 437 g/mol. The van der Waals surface area contributed by atoms with Crippen molar-refractivity contribution in [2.75, 3.05) is 25.0 Å². The zero-order chi connectivity index (χ0) is 22.8. The van der Waals surface area contributed by atoms with Gasteiger partial charge in [0.05, 0.1) is 5.69 Å². The van der Waals surface area contributed by atoms with E-state index in [1.54, 1.807) is 4.90 Å². The van der Waals surface area contributed by atoms with Crippen molar-refractivity contribution in [3.63, 3.8) is 0 Å². The van der Waals surface area contributed by atoms with E-state index in [2.05, 4.69) is 10.6 Å². The number of carbonyl (C=O) groups excluding carboxylic acids is 3. The molecular formula is C25H32N4O3. The van der Waals surface area contributed by atoms with Crippen LogP contribution in [0.2, 0.25) is 0 Å². The number of rotatable bonds is 5. The van der Waals surface area contributed by atoms with Gasteiger partial charge in [-0.3, -0.25) is 9.59 Å². The fourth-order valence-corrected chi connectivity index (χ4v) is 4.39. The van der Waals surface area contributed by atoms with E-state index in [-0.39, 0.29) is 29.7 Å². The third kappa shape index (κ3) is 4.71. The summed E-state index contributed by atoms with van der Waals surface area (Å²) < 4.78 is 0. The van der Waals surface area contributed by atoms with Crippen molar-refractivity contribution in [2.45, 2.75) is 45.7 Å². The van der Waals surface area contributed by atoms with Gasteiger partial charge in [0, 0.05) is 37.0 Å². The van der Waals surface area contributed by atoms with E-state index in [1.807, 2.05) is 68.1 Å². The fourth-order valence-electron chi connectivity index (χ4n) is 4.39. The second-order valence-corrected chi connectivity index (χ2v) is 9.29. The Morgan fingerprint density at radius 1 is 1.00 bits per heavy atom. The maximum absolute atomic E-state index is 13.3. The lowest BCUT2D eigenvalue weighted by molar-refractivity contribution is -0.144. The molecule has 2 atom stereocenters. The number of hydrogen-bond acceptors (Lipinski definition) is 3. The summed E-state index contributed by atoms with van der Waals surface area (Å²) in [7, 11) is 0. The molecule has 2 fully saturated rings. The van der Waals surface area contributed by atoms with Crippen molar-refractivity contribution in [3.05, 3.63) is 42.5 Å². The molecule has 2 aromatic carbocycles. The Morgan fingerprint density at radius 2 is 1.72 bits per heavy atom. The molecular weight excluding hydrogens is 404 g/mol. The summed E-state index contributed by atoms with van der Waals surface area (Å²) in [6.07, 6.45) is 1.96. The Balaban J connectivity index is 1.40. The van der Waals surface area contributed by atoms with Gasteiger partial charge in [0.25, 0.3) is 0 Å². The predicted molar refractivity (Wildman–Crippen MR) is 125 cm³/mol. The lowest BCUT2D eigenvalue weighted by Crippen LogP contribution is -2.60. The molecule has 2 aliphatic rings. The van der Waals surface area contributed by atoms with Crippen molar-refractivity contribution in [1.82, 2.24) is 15.1 Å². The molecule has 2 aromatic rings. The van der Waals surface area contributed by atoms with Crippen molar-refractivity contribution in [2.24, 2.45) is 11.8 Å². The maximum Gasteiger partial charge on any atom is 0.319 e. The minimum Gasteiger partial charge on any atom is -0.337 e. The minimum atomic E-state index is -0.636. The number of fused-ring (bicyclic) bond motifs is 1. The summed E-state index contributed by atoms with van der Waals surface area (Å²) in [6, 6.07) is 12.5. The quantitative estimate of drug-likeness (QED) is 0.753. The zero-order valence-corrected chi connectivity index (χ0v) is 19.0. The Bertz CT molecular complexity index is 1010. The van der Waals surface area contributed by atoms with Gasteiger partial charge in [0.2, 0.25) is 11.8 Å². The van der Waals surface area contributed by atoms with Crippen molar-refractivity contribution in [1.29, 1.82) is 0 Å². The van der Waals surface area contributed by atoms with Crippen LogP contribution in [0.4, 0.5) is 10.5 Å². The number of nitrogens with one attached hydrogen (secondary N) is 2. The summed E-state index contributed by atoms with van der Waals surface area (Å²) in [5.41, 5.74) is 0.705. The molecule has 1 saturated carbocycles. The van der Waals surface area contributed by atoms with Gasteiger partial charge in [-0.05, 0) is 37.1 Å². The van der Waals surface area contributed by atoms with Gasteiger partial charge in [0.15, 0.2) is 0 Å². The molecule has 0 radical (unpaired) electrons. The molecule has 7 heteroatoms. The van der Waals surface area contributed by atoms with Crippen molar-refractivity contribution < 1.29 is 14.4 Å². The summed E-state index contributed by atoms with van der Waals surface area (Å²) >= 11 is 0. The van der Waals surface area contributed by atoms with Gasteiger partial charge < -0.3 is 20.4 Å². The topological polar surface area (TPSA) is 81.8 Å². The second-order valence-electron chi connectivity index (χ2n) is 9.29. The highest BCUT2D eigenvalue weighted by molar-refractivity contribution is 6.02. The normalized spacial score (nSPS) is 19.7. The van der Waals surface area contributed by atoms with Crippen LogP contribution in [0.1, 0.15) is 33.6 Å². The van der Waals surface area contributed by atoms with Gasteiger partial charge in [-0.2, -0.15) is 0 Å². The Kier molecular flexibility index (Phi) is 6.35. The molecule has 4 amide bonds. The lowest BCUT2D eigenvalue weighted by Gasteiger charge is -2.41. The number of hydrogen-bond donors (Lipinski definition) is 2. The monoisotopic (exact) mass is 436 g/mol. The van der Waals surface area contributed by atoms with E-state index in [0.717, 1.165) is 23.6 Å². The molecule has 32 heavy (non-hydrogen) atoms. The lowest BCUT2D eigenvalue weighted by atomic mass is 10.0. The van der Waals surface area contributed by atoms with Crippen LogP contribution in [0.25, 0.3) is 10.8 Å². The van der Waals surface area contributed by atoms with Gasteiger partial charge >= 0.3 is 6.03 Å². The molecule has 2 N–H and O–H groups in total. The molecule has 0 spiro atoms. The van der Waals surface area contributed by atoms with Gasteiger partial charge in [-0.25, -0.2) is 4.79 Å². The highest BCUT2D eigenvalue weighted by atomic mass is 16.2. The van der Waals surface area contributed by atoms with E-state index in [9.17, 15) is 14.4 Å². The number of nitrogens with zero attached hydrogens (tertiary/aromatic N) is 2. The molecule has 1 aliphatic carbocycles. The Labute approximate surface area is 189 Å². The van der Waals surface area contributed by atoms with E-state index in [0.29, 0.717) is 25.3 Å². The third-order valence-electron chi connectivity index (χ3n) is 6.41. The molecule has 4 rings (SSSR count). The zero-order valence-electron chi connectivity index (χ0n) is 19.0. The average Bonchev–Trinajstić information content (AvgIpc) is 3.62. The van der Waals surface area contributed by atoms with E-state index in [1.165, 1.54) is 0 Å². The SMILES string of the molecule is CC(C)C(NC(=O)Nc1cccc2ccccc12)C(=O)N1CCN(C(=O)C2CC2)C(C)C1. The first-order valence-corrected chi connectivity index (χ1v) is 11.5. The maximum atomic E-state index is 13.3. The fraction of sp³-hybridized carbons (Fsp3) is 0.480. The first-order valence-electron chi connectivity index (χ1n) is 11.5. The first kappa shape index (κ1) is 22.1. The molecule has 170 valence electrons. The van der Waals surface area contributed by atoms with Gasteiger partial charge in [-0.15, -0.1) is 0 Å². The highest BCUT2D eigenvalue weighted by Crippen LogP contribution is 2.32. The second kappa shape index (κ2) is 9.18. The van der Waals surface area contributed by atoms with E-state index in [4.69, 9.17) is 0 Å². The number of amides is 4. The van der Waals surface area contributed by atoms with Crippen LogP contribution in [0, 0.1) is 11.8 Å². The van der Waals surface area contributed by atoms with Crippen LogP contribution in [-0.2, 0) is 9.59 Å². The number of benzene rings is 2. The summed E-state index contributed by atoms with van der Waals surface area (Å²) in [4.78, 5) is 42.2. The number of piperazine rings is 1. The van der Waals surface area contributed by atoms with Crippen molar-refractivity contribution in [3.8, 4) is 0 Å². The van der Waals surface area contributed by atoms with Crippen LogP contribution in [0.3, 0.4) is 0 Å². The summed E-state index contributed by atoms with van der Waals surface area (Å²) in [5.74, 6) is 0.237. The van der Waals surface area contributed by atoms with Gasteiger partial charge in [0.1, 0.15) is 6.04 Å². The molecule has 1 aliphatic heterocycles. The largest absolute Gasteiger partial charge is 0.337 e. The van der Waals surface area contributed by atoms with Crippen molar-refractivity contribution >= 4 is 34.3 Å².